The molecule has 0 atom stereocenters. The highest BCUT2D eigenvalue weighted by atomic mass is 15.1. The molecule has 1 fully saturated rings. The summed E-state index contributed by atoms with van der Waals surface area (Å²) >= 11 is 0. The zero-order valence-corrected chi connectivity index (χ0v) is 8.14. The lowest BCUT2D eigenvalue weighted by Gasteiger charge is -2.29. The zero-order chi connectivity index (χ0) is 9.03. The first kappa shape index (κ1) is 9.38. The minimum absolute atomic E-state index is 0.463. The fourth-order valence-corrected chi connectivity index (χ4v) is 2.29. The Morgan fingerprint density at radius 3 is 2.42 bits per heavy atom. The van der Waals surface area contributed by atoms with Gasteiger partial charge in [-0.15, -0.1) is 0 Å². The quantitative estimate of drug-likeness (QED) is 0.475. The summed E-state index contributed by atoms with van der Waals surface area (Å²) in [6, 6.07) is 0. The molecule has 0 aromatic heterocycles. The maximum Gasteiger partial charge on any atom is 0.179 e. The molecule has 2 heteroatoms. The molecule has 68 valence electrons. The van der Waals surface area contributed by atoms with Gasteiger partial charge in [-0.1, -0.05) is 19.8 Å². The Bertz CT molecular complexity index is 175. The molecule has 0 radical (unpaired) electrons. The van der Waals surface area contributed by atoms with Crippen LogP contribution < -0.4 is 0 Å². The lowest BCUT2D eigenvalue weighted by molar-refractivity contribution is 0.213. The lowest BCUT2D eigenvalue weighted by atomic mass is 9.83. The van der Waals surface area contributed by atoms with Crippen LogP contribution in [0, 0.1) is 16.9 Å². The van der Waals surface area contributed by atoms with E-state index in [2.05, 4.69) is 13.1 Å². The second-order valence-corrected chi connectivity index (χ2v) is 4.02. The Morgan fingerprint density at radius 2 is 2.00 bits per heavy atom. The van der Waals surface area contributed by atoms with Gasteiger partial charge in [-0.3, -0.25) is 0 Å². The maximum absolute atomic E-state index is 8.68. The van der Waals surface area contributed by atoms with Gasteiger partial charge in [0.2, 0.25) is 0 Å². The van der Waals surface area contributed by atoms with Gasteiger partial charge in [0.1, 0.15) is 0 Å². The summed E-state index contributed by atoms with van der Waals surface area (Å²) in [7, 11) is 1.88. The van der Waals surface area contributed by atoms with Crippen LogP contribution >= 0.6 is 0 Å². The smallest absolute Gasteiger partial charge is 0.179 e. The van der Waals surface area contributed by atoms with E-state index in [9.17, 15) is 0 Å². The molecular formula is C10H18N2. The van der Waals surface area contributed by atoms with Crippen LogP contribution in [0.4, 0.5) is 0 Å². The SMILES string of the molecule is CCC1(CN(C)C#N)CCCC1. The summed E-state index contributed by atoms with van der Waals surface area (Å²) < 4.78 is 0. The summed E-state index contributed by atoms with van der Waals surface area (Å²) in [4.78, 5) is 1.77. The number of nitrogens with zero attached hydrogens (tertiary/aromatic N) is 2. The van der Waals surface area contributed by atoms with Crippen molar-refractivity contribution in [1.29, 1.82) is 5.26 Å². The van der Waals surface area contributed by atoms with Crippen molar-refractivity contribution in [2.45, 2.75) is 39.0 Å². The fraction of sp³-hybridized carbons (Fsp3) is 0.900. The van der Waals surface area contributed by atoms with Gasteiger partial charge < -0.3 is 4.90 Å². The molecule has 0 aliphatic heterocycles. The molecule has 1 aliphatic rings. The number of hydrogen-bond donors (Lipinski definition) is 0. The summed E-state index contributed by atoms with van der Waals surface area (Å²) in [6.07, 6.45) is 8.74. The van der Waals surface area contributed by atoms with Crippen molar-refractivity contribution in [3.63, 3.8) is 0 Å². The van der Waals surface area contributed by atoms with Crippen LogP contribution in [0.25, 0.3) is 0 Å². The largest absolute Gasteiger partial charge is 0.313 e. The van der Waals surface area contributed by atoms with Crippen molar-refractivity contribution in [3.8, 4) is 6.19 Å². The van der Waals surface area contributed by atoms with E-state index in [1.54, 1.807) is 4.90 Å². The summed E-state index contributed by atoms with van der Waals surface area (Å²) in [5, 5.41) is 8.68. The molecule has 0 N–H and O–H groups in total. The molecule has 0 spiro atoms. The van der Waals surface area contributed by atoms with E-state index in [4.69, 9.17) is 5.26 Å². The fourth-order valence-electron chi connectivity index (χ4n) is 2.29. The second-order valence-electron chi connectivity index (χ2n) is 4.02. The topological polar surface area (TPSA) is 27.0 Å². The van der Waals surface area contributed by atoms with Crippen LogP contribution in [0.5, 0.6) is 0 Å². The van der Waals surface area contributed by atoms with Gasteiger partial charge in [0.25, 0.3) is 0 Å². The van der Waals surface area contributed by atoms with E-state index in [-0.39, 0.29) is 0 Å². The Balaban J connectivity index is 2.50. The average Bonchev–Trinajstić information content (AvgIpc) is 2.54. The standard InChI is InChI=1S/C10H18N2/c1-3-10(6-4-5-7-10)8-12(2)9-11/h3-8H2,1-2H3. The third kappa shape index (κ3) is 1.91. The molecule has 1 saturated carbocycles. The molecule has 0 aromatic carbocycles. The van der Waals surface area contributed by atoms with Crippen LogP contribution in [-0.2, 0) is 0 Å². The maximum atomic E-state index is 8.68. The Kier molecular flexibility index (Phi) is 2.97. The van der Waals surface area contributed by atoms with Gasteiger partial charge in [-0.05, 0) is 24.7 Å². The normalized spacial score (nSPS) is 20.4. The first-order valence-corrected chi connectivity index (χ1v) is 4.83. The van der Waals surface area contributed by atoms with Crippen molar-refractivity contribution < 1.29 is 0 Å². The van der Waals surface area contributed by atoms with Crippen molar-refractivity contribution in [2.24, 2.45) is 5.41 Å². The van der Waals surface area contributed by atoms with Gasteiger partial charge in [0.05, 0.1) is 0 Å². The van der Waals surface area contributed by atoms with E-state index in [1.165, 1.54) is 32.1 Å². The molecule has 0 unspecified atom stereocenters. The van der Waals surface area contributed by atoms with Gasteiger partial charge in [-0.25, -0.2) is 0 Å². The Labute approximate surface area is 75.2 Å². The molecule has 1 aliphatic carbocycles. The number of rotatable bonds is 3. The summed E-state index contributed by atoms with van der Waals surface area (Å²) in [5.41, 5.74) is 0.463. The Hall–Kier alpha value is -0.710. The predicted octanol–water partition coefficient (Wildman–Crippen LogP) is 2.37. The first-order valence-electron chi connectivity index (χ1n) is 4.83. The van der Waals surface area contributed by atoms with Gasteiger partial charge in [-0.2, -0.15) is 5.26 Å². The second kappa shape index (κ2) is 3.80. The minimum Gasteiger partial charge on any atom is -0.313 e. The molecule has 0 heterocycles. The van der Waals surface area contributed by atoms with Gasteiger partial charge >= 0.3 is 0 Å². The van der Waals surface area contributed by atoms with Crippen molar-refractivity contribution >= 4 is 0 Å². The first-order chi connectivity index (χ1) is 5.72. The molecule has 0 amide bonds. The minimum atomic E-state index is 0.463. The molecular weight excluding hydrogens is 148 g/mol. The highest BCUT2D eigenvalue weighted by Crippen LogP contribution is 2.41. The Morgan fingerprint density at radius 1 is 1.42 bits per heavy atom. The van der Waals surface area contributed by atoms with Crippen LogP contribution in [-0.4, -0.2) is 18.5 Å². The van der Waals surface area contributed by atoms with Crippen LogP contribution in [0.1, 0.15) is 39.0 Å². The summed E-state index contributed by atoms with van der Waals surface area (Å²) in [5.74, 6) is 0. The third-order valence-corrected chi connectivity index (χ3v) is 3.16. The van der Waals surface area contributed by atoms with Gasteiger partial charge in [0, 0.05) is 13.6 Å². The third-order valence-electron chi connectivity index (χ3n) is 3.16. The average molecular weight is 166 g/mol. The highest BCUT2D eigenvalue weighted by molar-refractivity contribution is 4.88. The monoisotopic (exact) mass is 166 g/mol. The zero-order valence-electron chi connectivity index (χ0n) is 8.14. The van der Waals surface area contributed by atoms with Crippen LogP contribution in [0.15, 0.2) is 0 Å². The lowest BCUT2D eigenvalue weighted by Crippen LogP contribution is -2.30. The van der Waals surface area contributed by atoms with E-state index < -0.39 is 0 Å². The van der Waals surface area contributed by atoms with Gasteiger partial charge in [0.15, 0.2) is 6.19 Å². The number of hydrogen-bond acceptors (Lipinski definition) is 2. The predicted molar refractivity (Wildman–Crippen MR) is 49.4 cm³/mol. The molecule has 0 aromatic rings. The van der Waals surface area contributed by atoms with E-state index in [0.717, 1.165) is 6.54 Å². The van der Waals surface area contributed by atoms with Crippen LogP contribution in [0.3, 0.4) is 0 Å². The van der Waals surface area contributed by atoms with E-state index >= 15 is 0 Å². The van der Waals surface area contributed by atoms with E-state index in [0.29, 0.717) is 5.41 Å². The number of nitriles is 1. The molecule has 0 bridgehead atoms. The summed E-state index contributed by atoms with van der Waals surface area (Å²) in [6.45, 7) is 3.20. The van der Waals surface area contributed by atoms with Crippen molar-refractivity contribution in [2.75, 3.05) is 13.6 Å². The van der Waals surface area contributed by atoms with Crippen molar-refractivity contribution in [1.82, 2.24) is 4.90 Å². The highest BCUT2D eigenvalue weighted by Gasteiger charge is 2.32. The molecule has 2 nitrogen and oxygen atoms in total. The van der Waals surface area contributed by atoms with Crippen molar-refractivity contribution in [3.05, 3.63) is 0 Å². The molecule has 1 rings (SSSR count). The molecule has 12 heavy (non-hydrogen) atoms. The van der Waals surface area contributed by atoms with Crippen LogP contribution in [0.2, 0.25) is 0 Å². The molecule has 0 saturated heterocycles. The van der Waals surface area contributed by atoms with E-state index in [1.807, 2.05) is 7.05 Å².